The van der Waals surface area contributed by atoms with Gasteiger partial charge in [-0.2, -0.15) is 5.10 Å². The van der Waals surface area contributed by atoms with Crippen molar-refractivity contribution in [2.75, 3.05) is 25.0 Å². The van der Waals surface area contributed by atoms with Crippen molar-refractivity contribution < 1.29 is 14.6 Å². The fourth-order valence-corrected chi connectivity index (χ4v) is 5.59. The van der Waals surface area contributed by atoms with Crippen LogP contribution in [0, 0.1) is 18.3 Å². The number of aliphatic hydroxyl groups excluding tert-OH is 1. The maximum atomic E-state index is 12.5. The Morgan fingerprint density at radius 1 is 1.13 bits per heavy atom. The molecule has 5 rings (SSSR count). The molecule has 198 valence electrons. The number of terminal acetylenes is 1. The van der Waals surface area contributed by atoms with Gasteiger partial charge in [-0.1, -0.05) is 18.2 Å². The van der Waals surface area contributed by atoms with Gasteiger partial charge >= 0.3 is 0 Å². The van der Waals surface area contributed by atoms with Crippen molar-refractivity contribution >= 4 is 11.7 Å². The molecule has 8 heteroatoms. The van der Waals surface area contributed by atoms with Gasteiger partial charge in [0.1, 0.15) is 29.2 Å². The summed E-state index contributed by atoms with van der Waals surface area (Å²) < 4.78 is 7.95. The third kappa shape index (κ3) is 5.54. The van der Waals surface area contributed by atoms with Crippen LogP contribution in [0.25, 0.3) is 11.3 Å². The number of amides is 1. The van der Waals surface area contributed by atoms with Gasteiger partial charge in [-0.25, -0.2) is 4.68 Å². The number of unbranched alkanes of at least 4 members (excludes halogenated alkanes) is 1. The van der Waals surface area contributed by atoms with E-state index in [0.29, 0.717) is 30.0 Å². The van der Waals surface area contributed by atoms with E-state index in [4.69, 9.17) is 22.0 Å². The number of aromatic nitrogens is 2. The minimum Gasteiger partial charge on any atom is -0.457 e. The van der Waals surface area contributed by atoms with E-state index in [1.54, 1.807) is 0 Å². The fraction of sp³-hybridized carbons (Fsp3) is 0.400. The number of benzene rings is 2. The van der Waals surface area contributed by atoms with Gasteiger partial charge in [-0.05, 0) is 68.0 Å². The Bertz CT molecular complexity index is 1270. The molecule has 8 nitrogen and oxygen atoms in total. The number of ether oxygens (including phenoxy) is 1. The summed E-state index contributed by atoms with van der Waals surface area (Å²) in [6.07, 6.45) is 8.83. The summed E-state index contributed by atoms with van der Waals surface area (Å²) in [5.74, 6) is 5.46. The van der Waals surface area contributed by atoms with Crippen molar-refractivity contribution in [1.29, 1.82) is 0 Å². The largest absolute Gasteiger partial charge is 0.457 e. The molecule has 38 heavy (non-hydrogen) atoms. The standard InChI is InChI=1S/C30H35N5O3/c1-2-3-5-10-26(36)34-19-16-21(17-20-34)25-15-18-32-30-27(29(31)37)28(33-35(25)30)22-11-13-24(14-12-22)38-23-8-6-4-7-9-23/h1,4,6-9,11-14,21,25,29,32,37H,3,5,10,15-20,31H2/t25-,29?/m0/s1. The molecule has 2 aliphatic heterocycles. The normalized spacial score (nSPS) is 18.2. The lowest BCUT2D eigenvalue weighted by atomic mass is 9.86. The second kappa shape index (κ2) is 11.7. The molecule has 0 aliphatic carbocycles. The predicted octanol–water partition coefficient (Wildman–Crippen LogP) is 4.69. The van der Waals surface area contributed by atoms with Crippen molar-refractivity contribution in [2.45, 2.75) is 50.8 Å². The highest BCUT2D eigenvalue weighted by Gasteiger charge is 2.35. The number of hydrogen-bond donors (Lipinski definition) is 3. The van der Waals surface area contributed by atoms with Crippen molar-refractivity contribution in [2.24, 2.45) is 11.7 Å². The summed E-state index contributed by atoms with van der Waals surface area (Å²) in [5, 5.41) is 19.0. The van der Waals surface area contributed by atoms with Gasteiger partial charge in [0.05, 0.1) is 11.6 Å². The number of anilines is 1. The molecule has 3 aromatic rings. The Morgan fingerprint density at radius 2 is 1.84 bits per heavy atom. The van der Waals surface area contributed by atoms with Crippen LogP contribution in [0.4, 0.5) is 5.82 Å². The van der Waals surface area contributed by atoms with Gasteiger partial charge < -0.3 is 25.8 Å². The summed E-state index contributed by atoms with van der Waals surface area (Å²) in [7, 11) is 0. The smallest absolute Gasteiger partial charge is 0.222 e. The van der Waals surface area contributed by atoms with Crippen LogP contribution in [0.3, 0.4) is 0 Å². The lowest BCUT2D eigenvalue weighted by molar-refractivity contribution is -0.132. The van der Waals surface area contributed by atoms with E-state index in [9.17, 15) is 9.90 Å². The molecule has 4 N–H and O–H groups in total. The van der Waals surface area contributed by atoms with Crippen LogP contribution in [0.15, 0.2) is 54.6 Å². The lowest BCUT2D eigenvalue weighted by Gasteiger charge is -2.38. The topological polar surface area (TPSA) is 106 Å². The third-order valence-corrected chi connectivity index (χ3v) is 7.54. The van der Waals surface area contributed by atoms with E-state index in [0.717, 1.165) is 68.2 Å². The summed E-state index contributed by atoms with van der Waals surface area (Å²) in [6.45, 7) is 2.29. The molecule has 1 amide bonds. The number of hydrogen-bond acceptors (Lipinski definition) is 6. The summed E-state index contributed by atoms with van der Waals surface area (Å²) in [5.41, 5.74) is 8.19. The first-order valence-corrected chi connectivity index (χ1v) is 13.4. The number of nitrogens with one attached hydrogen (secondary N) is 1. The maximum absolute atomic E-state index is 12.5. The average Bonchev–Trinajstić information content (AvgIpc) is 3.34. The molecule has 0 saturated carbocycles. The summed E-state index contributed by atoms with van der Waals surface area (Å²) in [6, 6.07) is 17.5. The predicted molar refractivity (Wildman–Crippen MR) is 147 cm³/mol. The number of rotatable bonds is 8. The molecule has 2 aliphatic rings. The highest BCUT2D eigenvalue weighted by molar-refractivity contribution is 5.76. The minimum atomic E-state index is -1.16. The van der Waals surface area contributed by atoms with E-state index < -0.39 is 6.23 Å². The highest BCUT2D eigenvalue weighted by Crippen LogP contribution is 2.41. The van der Waals surface area contributed by atoms with Crippen molar-refractivity contribution in [1.82, 2.24) is 14.7 Å². The number of aliphatic hydroxyl groups is 1. The van der Waals surface area contributed by atoms with Gasteiger partial charge in [0.25, 0.3) is 0 Å². The first-order chi connectivity index (χ1) is 18.5. The lowest BCUT2D eigenvalue weighted by Crippen LogP contribution is -2.41. The van der Waals surface area contributed by atoms with Gasteiger partial charge in [-0.3, -0.25) is 4.79 Å². The van der Waals surface area contributed by atoms with Crippen LogP contribution in [-0.2, 0) is 4.79 Å². The number of piperidine rings is 1. The number of carbonyl (C=O) groups is 1. The van der Waals surface area contributed by atoms with Gasteiger partial charge in [0.15, 0.2) is 0 Å². The zero-order chi connectivity index (χ0) is 26.5. The van der Waals surface area contributed by atoms with Crippen molar-refractivity contribution in [3.05, 3.63) is 60.2 Å². The quantitative estimate of drug-likeness (QED) is 0.229. The van der Waals surface area contributed by atoms with E-state index in [1.165, 1.54) is 0 Å². The SMILES string of the molecule is C#CCCCC(=O)N1CCC([C@@H]2CCNc3c(C(N)O)c(-c4ccc(Oc5ccccc5)cc4)nn32)CC1. The van der Waals surface area contributed by atoms with Crippen LogP contribution in [-0.4, -0.2) is 45.3 Å². The van der Waals surface area contributed by atoms with Crippen LogP contribution in [0.5, 0.6) is 11.5 Å². The van der Waals surface area contributed by atoms with Crippen molar-refractivity contribution in [3.8, 4) is 35.1 Å². The van der Waals surface area contributed by atoms with Gasteiger partial charge in [-0.15, -0.1) is 12.3 Å². The molecule has 2 atom stereocenters. The zero-order valence-corrected chi connectivity index (χ0v) is 21.6. The molecule has 1 unspecified atom stereocenters. The van der Waals surface area contributed by atoms with E-state index >= 15 is 0 Å². The Hall–Kier alpha value is -3.80. The van der Waals surface area contributed by atoms with Gasteiger partial charge in [0.2, 0.25) is 5.91 Å². The zero-order valence-electron chi connectivity index (χ0n) is 21.6. The molecular weight excluding hydrogens is 478 g/mol. The Kier molecular flexibility index (Phi) is 7.97. The second-order valence-electron chi connectivity index (χ2n) is 10.00. The molecule has 0 spiro atoms. The fourth-order valence-electron chi connectivity index (χ4n) is 5.59. The molecule has 3 heterocycles. The molecular formula is C30H35N5O3. The van der Waals surface area contributed by atoms with Crippen LogP contribution in [0.2, 0.25) is 0 Å². The Balaban J connectivity index is 1.33. The number of para-hydroxylation sites is 1. The number of carbonyl (C=O) groups excluding carboxylic acids is 1. The maximum Gasteiger partial charge on any atom is 0.222 e. The van der Waals surface area contributed by atoms with Crippen LogP contribution < -0.4 is 15.8 Å². The number of fused-ring (bicyclic) bond motifs is 1. The summed E-state index contributed by atoms with van der Waals surface area (Å²) >= 11 is 0. The monoisotopic (exact) mass is 513 g/mol. The van der Waals surface area contributed by atoms with Gasteiger partial charge in [0, 0.05) is 38.0 Å². The van der Waals surface area contributed by atoms with E-state index in [2.05, 4.69) is 11.2 Å². The number of nitrogens with two attached hydrogens (primary N) is 1. The number of nitrogens with zero attached hydrogens (tertiary/aromatic N) is 3. The molecule has 0 radical (unpaired) electrons. The molecule has 2 aromatic carbocycles. The first kappa shape index (κ1) is 25.8. The molecule has 1 fully saturated rings. The summed E-state index contributed by atoms with van der Waals surface area (Å²) in [4.78, 5) is 14.5. The molecule has 1 aromatic heterocycles. The van der Waals surface area contributed by atoms with Crippen LogP contribution in [0.1, 0.15) is 56.4 Å². The van der Waals surface area contributed by atoms with Crippen LogP contribution >= 0.6 is 0 Å². The van der Waals surface area contributed by atoms with E-state index in [-0.39, 0.29) is 11.9 Å². The average molecular weight is 514 g/mol. The third-order valence-electron chi connectivity index (χ3n) is 7.54. The molecule has 1 saturated heterocycles. The Morgan fingerprint density at radius 3 is 2.53 bits per heavy atom. The Labute approximate surface area is 223 Å². The molecule has 0 bridgehead atoms. The van der Waals surface area contributed by atoms with Crippen molar-refractivity contribution in [3.63, 3.8) is 0 Å². The number of likely N-dealkylation sites (tertiary alicyclic amines) is 1. The second-order valence-corrected chi connectivity index (χ2v) is 10.00. The first-order valence-electron chi connectivity index (χ1n) is 13.4. The highest BCUT2D eigenvalue weighted by atomic mass is 16.5. The van der Waals surface area contributed by atoms with E-state index in [1.807, 2.05) is 64.2 Å². The minimum absolute atomic E-state index is 0.178.